The second-order valence-electron chi connectivity index (χ2n) is 6.23. The molecule has 8 heteroatoms. The number of benzene rings is 1. The number of amides is 2. The van der Waals surface area contributed by atoms with Crippen molar-refractivity contribution in [3.63, 3.8) is 0 Å². The maximum Gasteiger partial charge on any atom is 0.319 e. The maximum absolute atomic E-state index is 12.3. The second-order valence-corrected chi connectivity index (χ2v) is 7.01. The van der Waals surface area contributed by atoms with Crippen LogP contribution in [0.2, 0.25) is 0 Å². The molecule has 0 saturated carbocycles. The lowest BCUT2D eigenvalue weighted by molar-refractivity contribution is 0.0604. The van der Waals surface area contributed by atoms with Gasteiger partial charge < -0.3 is 15.7 Å². The number of thiophene rings is 1. The van der Waals surface area contributed by atoms with Gasteiger partial charge in [0.1, 0.15) is 17.2 Å². The van der Waals surface area contributed by atoms with Gasteiger partial charge >= 0.3 is 6.03 Å². The van der Waals surface area contributed by atoms with E-state index >= 15 is 0 Å². The molecule has 1 aromatic carbocycles. The molecule has 0 radical (unpaired) electrons. The average Bonchev–Trinajstić information content (AvgIpc) is 3.24. The van der Waals surface area contributed by atoms with Gasteiger partial charge in [-0.05, 0) is 55.3 Å². The van der Waals surface area contributed by atoms with Crippen LogP contribution >= 0.6 is 11.3 Å². The largest absolute Gasteiger partial charge is 0.384 e. The lowest BCUT2D eigenvalue weighted by Gasteiger charge is -2.23. The van der Waals surface area contributed by atoms with Crippen LogP contribution in [0.5, 0.6) is 0 Å². The Morgan fingerprint density at radius 3 is 2.73 bits per heavy atom. The highest BCUT2D eigenvalue weighted by atomic mass is 32.1. The van der Waals surface area contributed by atoms with Crippen molar-refractivity contribution in [1.29, 1.82) is 0 Å². The normalized spacial score (nSPS) is 13.2. The minimum absolute atomic E-state index is 0.0964. The lowest BCUT2D eigenvalue weighted by Crippen LogP contribution is -2.40. The van der Waals surface area contributed by atoms with E-state index in [9.17, 15) is 9.90 Å². The molecule has 0 unspecified atom stereocenters. The predicted molar refractivity (Wildman–Crippen MR) is 102 cm³/mol. The quantitative estimate of drug-likeness (QED) is 0.643. The van der Waals surface area contributed by atoms with Crippen molar-refractivity contribution in [1.82, 2.24) is 20.1 Å². The Hall–Kier alpha value is -2.71. The van der Waals surface area contributed by atoms with Gasteiger partial charge in [-0.25, -0.2) is 14.5 Å². The third kappa shape index (κ3) is 3.92. The van der Waals surface area contributed by atoms with Crippen LogP contribution in [0.3, 0.4) is 0 Å². The van der Waals surface area contributed by atoms with Crippen molar-refractivity contribution in [3.05, 3.63) is 58.3 Å². The minimum Gasteiger partial charge on any atom is -0.384 e. The third-order valence-electron chi connectivity index (χ3n) is 3.99. The zero-order valence-corrected chi connectivity index (χ0v) is 15.7. The Bertz CT molecular complexity index is 902. The molecule has 7 nitrogen and oxygen atoms in total. The Kier molecular flexibility index (Phi) is 5.06. The number of aliphatic hydroxyl groups is 1. The first-order valence-corrected chi connectivity index (χ1v) is 9.11. The van der Waals surface area contributed by atoms with Crippen LogP contribution in [0.15, 0.2) is 41.1 Å². The highest BCUT2D eigenvalue weighted by Gasteiger charge is 2.24. The number of carbonyl (C=O) groups is 1. The van der Waals surface area contributed by atoms with Crippen LogP contribution in [-0.2, 0) is 5.60 Å². The zero-order chi connectivity index (χ0) is 18.7. The van der Waals surface area contributed by atoms with Gasteiger partial charge in [0.2, 0.25) is 0 Å². The molecule has 0 saturated heterocycles. The van der Waals surface area contributed by atoms with Crippen molar-refractivity contribution in [2.45, 2.75) is 26.4 Å². The molecule has 2 amide bonds. The van der Waals surface area contributed by atoms with Crippen LogP contribution in [0, 0.1) is 13.8 Å². The number of nitrogens with one attached hydrogen (secondary N) is 2. The summed E-state index contributed by atoms with van der Waals surface area (Å²) < 4.78 is 1.69. The van der Waals surface area contributed by atoms with Gasteiger partial charge in [0.15, 0.2) is 0 Å². The number of carbonyl (C=O) groups excluding carboxylic acids is 1. The van der Waals surface area contributed by atoms with E-state index in [4.69, 9.17) is 0 Å². The molecule has 0 fully saturated rings. The summed E-state index contributed by atoms with van der Waals surface area (Å²) in [6, 6.07) is 8.80. The predicted octanol–water partition coefficient (Wildman–Crippen LogP) is 2.97. The summed E-state index contributed by atoms with van der Waals surface area (Å²) in [7, 11) is 0. The summed E-state index contributed by atoms with van der Waals surface area (Å²) in [4.78, 5) is 16.6. The molecule has 3 rings (SSSR count). The number of hydrogen-bond acceptors (Lipinski definition) is 5. The molecule has 0 aliphatic heterocycles. The first-order chi connectivity index (χ1) is 12.4. The number of nitrogens with zero attached hydrogens (tertiary/aromatic N) is 3. The molecular weight excluding hydrogens is 350 g/mol. The van der Waals surface area contributed by atoms with Gasteiger partial charge in [0.05, 0.1) is 17.9 Å². The number of hydrogen-bond donors (Lipinski definition) is 3. The van der Waals surface area contributed by atoms with Gasteiger partial charge in [-0.2, -0.15) is 16.4 Å². The van der Waals surface area contributed by atoms with E-state index in [0.717, 1.165) is 17.1 Å². The van der Waals surface area contributed by atoms with Crippen molar-refractivity contribution in [2.75, 3.05) is 11.9 Å². The van der Waals surface area contributed by atoms with E-state index in [1.807, 2.05) is 48.9 Å². The third-order valence-corrected chi connectivity index (χ3v) is 4.67. The molecule has 2 aromatic heterocycles. The standard InChI is InChI=1S/C18H21N5O2S/c1-12-20-13(2)23(22-12)16-7-5-4-6-15(16)21-17(24)19-11-18(3,25)14-8-9-26-10-14/h4-10,25H,11H2,1-3H3,(H2,19,21,24)/t18-/m0/s1. The zero-order valence-electron chi connectivity index (χ0n) is 14.9. The smallest absolute Gasteiger partial charge is 0.319 e. The van der Waals surface area contributed by atoms with Crippen LogP contribution in [-0.4, -0.2) is 32.4 Å². The number of anilines is 1. The summed E-state index contributed by atoms with van der Waals surface area (Å²) in [6.07, 6.45) is 0. The average molecular weight is 371 g/mol. The number of rotatable bonds is 5. The fourth-order valence-corrected chi connectivity index (χ4v) is 3.39. The maximum atomic E-state index is 12.3. The van der Waals surface area contributed by atoms with Crippen LogP contribution < -0.4 is 10.6 Å². The van der Waals surface area contributed by atoms with Gasteiger partial charge in [0, 0.05) is 0 Å². The Balaban J connectivity index is 1.71. The van der Waals surface area contributed by atoms with E-state index in [1.165, 1.54) is 11.3 Å². The molecule has 136 valence electrons. The summed E-state index contributed by atoms with van der Waals surface area (Å²) >= 11 is 1.50. The van der Waals surface area contributed by atoms with Crippen LogP contribution in [0.4, 0.5) is 10.5 Å². The topological polar surface area (TPSA) is 92.1 Å². The first kappa shape index (κ1) is 18.1. The summed E-state index contributed by atoms with van der Waals surface area (Å²) in [5.41, 5.74) is 0.978. The van der Waals surface area contributed by atoms with E-state index in [1.54, 1.807) is 17.7 Å². The van der Waals surface area contributed by atoms with Crippen molar-refractivity contribution < 1.29 is 9.90 Å². The fourth-order valence-electron chi connectivity index (χ4n) is 2.61. The van der Waals surface area contributed by atoms with E-state index < -0.39 is 11.6 Å². The molecule has 3 aromatic rings. The molecule has 0 aliphatic carbocycles. The number of urea groups is 1. The SMILES string of the molecule is Cc1nc(C)n(-c2ccccc2NC(=O)NC[C@](C)(O)c2ccsc2)n1. The van der Waals surface area contributed by atoms with Crippen LogP contribution in [0.1, 0.15) is 24.1 Å². The van der Waals surface area contributed by atoms with E-state index in [0.29, 0.717) is 11.5 Å². The van der Waals surface area contributed by atoms with Gasteiger partial charge in [0.25, 0.3) is 0 Å². The Morgan fingerprint density at radius 2 is 2.08 bits per heavy atom. The molecule has 2 heterocycles. The van der Waals surface area contributed by atoms with Crippen LogP contribution in [0.25, 0.3) is 5.69 Å². The minimum atomic E-state index is -1.13. The van der Waals surface area contributed by atoms with E-state index in [2.05, 4.69) is 20.7 Å². The van der Waals surface area contributed by atoms with Gasteiger partial charge in [-0.15, -0.1) is 0 Å². The highest BCUT2D eigenvalue weighted by Crippen LogP contribution is 2.23. The molecular formula is C18H21N5O2S. The fraction of sp³-hybridized carbons (Fsp3) is 0.278. The molecule has 0 spiro atoms. The molecule has 0 aliphatic rings. The van der Waals surface area contributed by atoms with Gasteiger partial charge in [-0.3, -0.25) is 0 Å². The molecule has 26 heavy (non-hydrogen) atoms. The van der Waals surface area contributed by atoms with E-state index in [-0.39, 0.29) is 6.54 Å². The Labute approximate surface area is 155 Å². The summed E-state index contributed by atoms with van der Waals surface area (Å²) in [5, 5.41) is 24.2. The monoisotopic (exact) mass is 371 g/mol. The summed E-state index contributed by atoms with van der Waals surface area (Å²) in [5.74, 6) is 1.39. The number of aromatic nitrogens is 3. The summed E-state index contributed by atoms with van der Waals surface area (Å²) in [6.45, 7) is 5.44. The molecule has 1 atom stereocenters. The molecule has 0 bridgehead atoms. The molecule has 3 N–H and O–H groups in total. The number of para-hydroxylation sites is 2. The van der Waals surface area contributed by atoms with Crippen molar-refractivity contribution in [3.8, 4) is 5.69 Å². The van der Waals surface area contributed by atoms with Gasteiger partial charge in [-0.1, -0.05) is 12.1 Å². The highest BCUT2D eigenvalue weighted by molar-refractivity contribution is 7.08. The lowest BCUT2D eigenvalue weighted by atomic mass is 9.99. The van der Waals surface area contributed by atoms with Crippen molar-refractivity contribution in [2.24, 2.45) is 0 Å². The second kappa shape index (κ2) is 7.27. The number of aryl methyl sites for hydroxylation is 2. The first-order valence-electron chi connectivity index (χ1n) is 8.16. The Morgan fingerprint density at radius 1 is 1.31 bits per heavy atom. The van der Waals surface area contributed by atoms with Crippen molar-refractivity contribution >= 4 is 23.1 Å².